The first-order chi connectivity index (χ1) is 10.0. The molecule has 2 heterocycles. The minimum Gasteiger partial charge on any atom is -0.487 e. The normalized spacial score (nSPS) is 11.7. The second-order valence-corrected chi connectivity index (χ2v) is 4.60. The number of aryl methyl sites for hydroxylation is 1. The number of rotatable bonds is 5. The molecule has 21 heavy (non-hydrogen) atoms. The van der Waals surface area contributed by atoms with Gasteiger partial charge in [-0.3, -0.25) is 14.6 Å². The summed E-state index contributed by atoms with van der Waals surface area (Å²) in [5.74, 6) is 0.569. The topological polar surface area (TPSA) is 81.4 Å². The van der Waals surface area contributed by atoms with Crippen molar-refractivity contribution in [2.75, 3.05) is 6.54 Å². The van der Waals surface area contributed by atoms with Gasteiger partial charge in [-0.1, -0.05) is 0 Å². The van der Waals surface area contributed by atoms with Gasteiger partial charge in [0.2, 0.25) is 0 Å². The van der Waals surface area contributed by atoms with Crippen molar-refractivity contribution in [1.82, 2.24) is 10.3 Å². The maximum absolute atomic E-state index is 11.9. The first-order valence-corrected chi connectivity index (χ1v) is 6.51. The van der Waals surface area contributed by atoms with E-state index < -0.39 is 5.91 Å². The molecule has 2 aromatic heterocycles. The molecule has 0 fully saturated rings. The molecule has 0 aliphatic rings. The van der Waals surface area contributed by atoms with Crippen molar-refractivity contribution in [2.45, 2.75) is 20.0 Å². The van der Waals surface area contributed by atoms with Crippen LogP contribution in [0.15, 0.2) is 45.9 Å². The molecule has 0 aliphatic carbocycles. The highest BCUT2D eigenvalue weighted by molar-refractivity contribution is 5.91. The van der Waals surface area contributed by atoms with Crippen LogP contribution in [0.5, 0.6) is 5.75 Å². The molecule has 1 atom stereocenters. The average Bonchev–Trinajstić information content (AvgIpc) is 2.45. The second-order valence-electron chi connectivity index (χ2n) is 4.60. The Morgan fingerprint density at radius 1 is 1.48 bits per heavy atom. The van der Waals surface area contributed by atoms with Crippen molar-refractivity contribution in [2.24, 2.45) is 0 Å². The fourth-order valence-corrected chi connectivity index (χ4v) is 1.73. The van der Waals surface area contributed by atoms with Gasteiger partial charge in [0.25, 0.3) is 5.91 Å². The molecule has 0 unspecified atom stereocenters. The summed E-state index contributed by atoms with van der Waals surface area (Å²) < 4.78 is 10.8. The molecule has 1 N–H and O–H groups in total. The molecule has 0 saturated carbocycles. The van der Waals surface area contributed by atoms with Gasteiger partial charge in [0.05, 0.1) is 12.7 Å². The van der Waals surface area contributed by atoms with Crippen LogP contribution in [0.4, 0.5) is 0 Å². The van der Waals surface area contributed by atoms with Crippen molar-refractivity contribution in [1.29, 1.82) is 0 Å². The van der Waals surface area contributed by atoms with Crippen molar-refractivity contribution in [3.8, 4) is 5.75 Å². The van der Waals surface area contributed by atoms with Gasteiger partial charge < -0.3 is 14.5 Å². The first kappa shape index (κ1) is 14.8. The zero-order chi connectivity index (χ0) is 15.2. The lowest BCUT2D eigenvalue weighted by atomic mass is 10.3. The molecule has 0 radical (unpaired) electrons. The van der Waals surface area contributed by atoms with Crippen molar-refractivity contribution < 1.29 is 13.9 Å². The molecule has 2 rings (SSSR count). The third-order valence-electron chi connectivity index (χ3n) is 2.64. The molecule has 0 spiro atoms. The lowest BCUT2D eigenvalue weighted by Gasteiger charge is -2.14. The zero-order valence-corrected chi connectivity index (χ0v) is 11.8. The van der Waals surface area contributed by atoms with Gasteiger partial charge in [-0.2, -0.15) is 0 Å². The minimum absolute atomic E-state index is 0.00595. The van der Waals surface area contributed by atoms with Crippen LogP contribution in [0.2, 0.25) is 0 Å². The number of carbonyl (C=O) groups is 1. The average molecular weight is 288 g/mol. The smallest absolute Gasteiger partial charge is 0.287 e. The van der Waals surface area contributed by atoms with Gasteiger partial charge in [-0.05, 0) is 26.0 Å². The summed E-state index contributed by atoms with van der Waals surface area (Å²) in [5.41, 5.74) is -0.261. The molecule has 1 amide bonds. The number of nitrogens with zero attached hydrogens (tertiary/aromatic N) is 1. The lowest BCUT2D eigenvalue weighted by Crippen LogP contribution is -2.34. The third-order valence-corrected chi connectivity index (χ3v) is 2.64. The molecule has 0 aliphatic heterocycles. The molecule has 6 heteroatoms. The summed E-state index contributed by atoms with van der Waals surface area (Å²) in [6.07, 6.45) is 3.01. The zero-order valence-electron chi connectivity index (χ0n) is 11.8. The van der Waals surface area contributed by atoms with E-state index >= 15 is 0 Å². The highest BCUT2D eigenvalue weighted by atomic mass is 16.5. The van der Waals surface area contributed by atoms with E-state index in [4.69, 9.17) is 9.15 Å². The van der Waals surface area contributed by atoms with Gasteiger partial charge in [0.15, 0.2) is 11.2 Å². The van der Waals surface area contributed by atoms with Crippen LogP contribution < -0.4 is 15.5 Å². The Bertz CT molecular complexity index is 667. The quantitative estimate of drug-likeness (QED) is 0.902. The fraction of sp³-hybridized carbons (Fsp3) is 0.267. The highest BCUT2D eigenvalue weighted by Crippen LogP contribution is 2.08. The summed E-state index contributed by atoms with van der Waals surface area (Å²) in [7, 11) is 0. The number of hydrogen-bond donors (Lipinski definition) is 1. The Balaban J connectivity index is 1.90. The van der Waals surface area contributed by atoms with E-state index in [0.717, 1.165) is 6.07 Å². The Hall–Kier alpha value is -2.63. The number of ether oxygens (including phenoxy) is 1. The van der Waals surface area contributed by atoms with Gasteiger partial charge in [0.1, 0.15) is 17.6 Å². The molecule has 6 nitrogen and oxygen atoms in total. The number of hydrogen-bond acceptors (Lipinski definition) is 5. The van der Waals surface area contributed by atoms with Gasteiger partial charge >= 0.3 is 0 Å². The lowest BCUT2D eigenvalue weighted by molar-refractivity contribution is 0.0900. The van der Waals surface area contributed by atoms with Crippen molar-refractivity contribution >= 4 is 5.91 Å². The van der Waals surface area contributed by atoms with Crippen LogP contribution in [0, 0.1) is 6.92 Å². The van der Waals surface area contributed by atoms with Crippen LogP contribution in [-0.2, 0) is 0 Å². The molecule has 2 aromatic rings. The van der Waals surface area contributed by atoms with Gasteiger partial charge in [-0.25, -0.2) is 0 Å². The first-order valence-electron chi connectivity index (χ1n) is 6.51. The Morgan fingerprint density at radius 2 is 2.29 bits per heavy atom. The largest absolute Gasteiger partial charge is 0.487 e. The minimum atomic E-state index is -0.447. The number of amides is 1. The second kappa shape index (κ2) is 6.69. The van der Waals surface area contributed by atoms with E-state index in [9.17, 15) is 9.59 Å². The molecule has 0 aromatic carbocycles. The summed E-state index contributed by atoms with van der Waals surface area (Å²) in [4.78, 5) is 27.2. The van der Waals surface area contributed by atoms with E-state index in [1.807, 2.05) is 6.92 Å². The SMILES string of the molecule is Cc1cc(=O)cc(C(=O)NC[C@@H](C)Oc2cccnc2)o1. The third kappa shape index (κ3) is 4.45. The Labute approximate surface area is 121 Å². The van der Waals surface area contributed by atoms with Crippen LogP contribution >= 0.6 is 0 Å². The van der Waals surface area contributed by atoms with E-state index in [1.165, 1.54) is 6.07 Å². The summed E-state index contributed by atoms with van der Waals surface area (Å²) in [6, 6.07) is 6.03. The molecule has 110 valence electrons. The molecule has 0 saturated heterocycles. The fourth-order valence-electron chi connectivity index (χ4n) is 1.73. The predicted molar refractivity (Wildman–Crippen MR) is 76.4 cm³/mol. The summed E-state index contributed by atoms with van der Waals surface area (Å²) in [6.45, 7) is 3.72. The maximum atomic E-state index is 11.9. The summed E-state index contributed by atoms with van der Waals surface area (Å²) in [5, 5.41) is 2.66. The highest BCUT2D eigenvalue weighted by Gasteiger charge is 2.12. The number of pyridine rings is 1. The van der Waals surface area contributed by atoms with Crippen molar-refractivity contribution in [3.05, 3.63) is 58.4 Å². The van der Waals surface area contributed by atoms with E-state index in [-0.39, 0.29) is 23.8 Å². The molecule has 0 bridgehead atoms. The molecular formula is C15H16N2O4. The Kier molecular flexibility index (Phi) is 4.71. The monoisotopic (exact) mass is 288 g/mol. The Morgan fingerprint density at radius 3 is 2.95 bits per heavy atom. The maximum Gasteiger partial charge on any atom is 0.287 e. The standard InChI is InChI=1S/C15H16N2O4/c1-10-6-12(18)7-14(21-10)15(19)17-8-11(2)20-13-4-3-5-16-9-13/h3-7,9,11H,8H2,1-2H3,(H,17,19)/t11-/m1/s1. The van der Waals surface area contributed by atoms with Gasteiger partial charge in [0, 0.05) is 18.3 Å². The van der Waals surface area contributed by atoms with E-state index in [0.29, 0.717) is 11.5 Å². The predicted octanol–water partition coefficient (Wildman–Crippen LogP) is 1.54. The van der Waals surface area contributed by atoms with Crippen LogP contribution in [-0.4, -0.2) is 23.5 Å². The van der Waals surface area contributed by atoms with Crippen LogP contribution in [0.1, 0.15) is 23.2 Å². The van der Waals surface area contributed by atoms with Crippen LogP contribution in [0.3, 0.4) is 0 Å². The van der Waals surface area contributed by atoms with E-state index in [2.05, 4.69) is 10.3 Å². The van der Waals surface area contributed by atoms with E-state index in [1.54, 1.807) is 31.5 Å². The number of carbonyl (C=O) groups excluding carboxylic acids is 1. The van der Waals surface area contributed by atoms with Crippen LogP contribution in [0.25, 0.3) is 0 Å². The summed E-state index contributed by atoms with van der Waals surface area (Å²) >= 11 is 0. The number of aromatic nitrogens is 1. The molecular weight excluding hydrogens is 272 g/mol. The van der Waals surface area contributed by atoms with Gasteiger partial charge in [-0.15, -0.1) is 0 Å². The van der Waals surface area contributed by atoms with Crippen molar-refractivity contribution in [3.63, 3.8) is 0 Å². The number of nitrogens with one attached hydrogen (secondary N) is 1.